The summed E-state index contributed by atoms with van der Waals surface area (Å²) >= 11 is 5.67. The SMILES string of the molecule is O=C(Cn1nnc(COc2ccccc2)n1)Nc1ccc(F)c(Cl)c1. The van der Waals surface area contributed by atoms with E-state index >= 15 is 0 Å². The number of aromatic nitrogens is 4. The van der Waals surface area contributed by atoms with Crippen LogP contribution in [-0.4, -0.2) is 26.1 Å². The van der Waals surface area contributed by atoms with E-state index in [2.05, 4.69) is 20.7 Å². The smallest absolute Gasteiger partial charge is 0.248 e. The van der Waals surface area contributed by atoms with Crippen LogP contribution in [0.3, 0.4) is 0 Å². The standard InChI is InChI=1S/C16H13ClFN5O2/c17-13-8-11(6-7-14(13)18)19-16(24)9-23-21-15(20-22-23)10-25-12-4-2-1-3-5-12/h1-8H,9-10H2,(H,19,24). The molecule has 1 amide bonds. The van der Waals surface area contributed by atoms with Crippen molar-refractivity contribution in [2.75, 3.05) is 5.32 Å². The Labute approximate surface area is 147 Å². The zero-order valence-corrected chi connectivity index (χ0v) is 13.7. The molecule has 1 heterocycles. The minimum Gasteiger partial charge on any atom is -0.485 e. The Morgan fingerprint density at radius 1 is 1.24 bits per heavy atom. The zero-order chi connectivity index (χ0) is 17.6. The largest absolute Gasteiger partial charge is 0.485 e. The number of amides is 1. The number of carbonyl (C=O) groups is 1. The first-order chi connectivity index (χ1) is 12.1. The highest BCUT2D eigenvalue weighted by molar-refractivity contribution is 6.31. The molecule has 0 aliphatic carbocycles. The van der Waals surface area contributed by atoms with Gasteiger partial charge >= 0.3 is 0 Å². The van der Waals surface area contributed by atoms with Gasteiger partial charge in [-0.05, 0) is 35.5 Å². The molecule has 1 aromatic heterocycles. The topological polar surface area (TPSA) is 81.9 Å². The number of hydrogen-bond acceptors (Lipinski definition) is 5. The van der Waals surface area contributed by atoms with Crippen LogP contribution in [-0.2, 0) is 17.9 Å². The fraction of sp³-hybridized carbons (Fsp3) is 0.125. The van der Waals surface area contributed by atoms with Gasteiger partial charge in [-0.15, -0.1) is 10.2 Å². The summed E-state index contributed by atoms with van der Waals surface area (Å²) in [5, 5.41) is 14.2. The first-order valence-electron chi connectivity index (χ1n) is 7.29. The lowest BCUT2D eigenvalue weighted by Gasteiger charge is -2.05. The summed E-state index contributed by atoms with van der Waals surface area (Å²) < 4.78 is 18.6. The molecule has 7 nitrogen and oxygen atoms in total. The molecule has 0 aliphatic rings. The van der Waals surface area contributed by atoms with Crippen molar-refractivity contribution < 1.29 is 13.9 Å². The molecule has 2 aromatic carbocycles. The first-order valence-corrected chi connectivity index (χ1v) is 7.67. The van der Waals surface area contributed by atoms with Gasteiger partial charge in [0.05, 0.1) is 5.02 Å². The molecule has 128 valence electrons. The molecule has 0 aliphatic heterocycles. The summed E-state index contributed by atoms with van der Waals surface area (Å²) in [5.74, 6) is 0.0857. The van der Waals surface area contributed by atoms with E-state index in [1.165, 1.54) is 18.2 Å². The molecular formula is C16H13ClFN5O2. The van der Waals surface area contributed by atoms with E-state index in [0.717, 1.165) is 4.80 Å². The zero-order valence-electron chi connectivity index (χ0n) is 12.9. The second-order valence-electron chi connectivity index (χ2n) is 5.01. The predicted octanol–water partition coefficient (Wildman–Crippen LogP) is 2.68. The predicted molar refractivity (Wildman–Crippen MR) is 88.6 cm³/mol. The highest BCUT2D eigenvalue weighted by Crippen LogP contribution is 2.19. The fourth-order valence-electron chi connectivity index (χ4n) is 1.97. The molecule has 0 saturated carbocycles. The molecule has 9 heteroatoms. The maximum atomic E-state index is 13.1. The number of halogens is 2. The van der Waals surface area contributed by atoms with Crippen molar-refractivity contribution in [3.8, 4) is 5.75 Å². The number of carbonyl (C=O) groups excluding carboxylic acids is 1. The molecule has 3 aromatic rings. The van der Waals surface area contributed by atoms with Gasteiger partial charge in [0.2, 0.25) is 11.7 Å². The molecule has 0 radical (unpaired) electrons. The number of para-hydroxylation sites is 1. The molecule has 0 saturated heterocycles. The maximum Gasteiger partial charge on any atom is 0.248 e. The lowest BCUT2D eigenvalue weighted by atomic mass is 10.3. The van der Waals surface area contributed by atoms with Crippen molar-refractivity contribution >= 4 is 23.2 Å². The number of anilines is 1. The average molecular weight is 362 g/mol. The van der Waals surface area contributed by atoms with Crippen LogP contribution < -0.4 is 10.1 Å². The van der Waals surface area contributed by atoms with Gasteiger partial charge < -0.3 is 10.1 Å². The van der Waals surface area contributed by atoms with E-state index in [9.17, 15) is 9.18 Å². The Morgan fingerprint density at radius 3 is 2.80 bits per heavy atom. The minimum atomic E-state index is -0.555. The molecule has 0 unspecified atom stereocenters. The Balaban J connectivity index is 1.53. The summed E-state index contributed by atoms with van der Waals surface area (Å²) in [4.78, 5) is 13.1. The third kappa shape index (κ3) is 4.74. The minimum absolute atomic E-state index is 0.0722. The van der Waals surface area contributed by atoms with Crippen molar-refractivity contribution in [3.05, 3.63) is 65.2 Å². The number of benzene rings is 2. The highest BCUT2D eigenvalue weighted by Gasteiger charge is 2.10. The molecule has 25 heavy (non-hydrogen) atoms. The van der Waals surface area contributed by atoms with E-state index in [1.54, 1.807) is 0 Å². The second-order valence-corrected chi connectivity index (χ2v) is 5.42. The van der Waals surface area contributed by atoms with Gasteiger partial charge in [0, 0.05) is 5.69 Å². The number of ether oxygens (including phenoxy) is 1. The number of nitrogens with zero attached hydrogens (tertiary/aromatic N) is 4. The van der Waals surface area contributed by atoms with Crippen molar-refractivity contribution in [2.24, 2.45) is 0 Å². The molecule has 1 N–H and O–H groups in total. The molecule has 0 fully saturated rings. The highest BCUT2D eigenvalue weighted by atomic mass is 35.5. The van der Waals surface area contributed by atoms with Gasteiger partial charge in [0.25, 0.3) is 0 Å². The number of hydrogen-bond donors (Lipinski definition) is 1. The third-order valence-electron chi connectivity index (χ3n) is 3.09. The van der Waals surface area contributed by atoms with Crippen LogP contribution in [0.1, 0.15) is 5.82 Å². The molecule has 3 rings (SSSR count). The normalized spacial score (nSPS) is 10.5. The van der Waals surface area contributed by atoms with Gasteiger partial charge in [-0.3, -0.25) is 4.79 Å². The lowest BCUT2D eigenvalue weighted by molar-refractivity contribution is -0.117. The van der Waals surface area contributed by atoms with Crippen LogP contribution in [0, 0.1) is 5.82 Å². The monoisotopic (exact) mass is 361 g/mol. The first kappa shape index (κ1) is 16.8. The summed E-state index contributed by atoms with van der Waals surface area (Å²) in [5.41, 5.74) is 0.379. The van der Waals surface area contributed by atoms with Gasteiger partial charge in [0.15, 0.2) is 6.61 Å². The number of rotatable bonds is 6. The summed E-state index contributed by atoms with van der Waals surface area (Å²) in [7, 11) is 0. The van der Waals surface area contributed by atoms with Crippen LogP contribution in [0.25, 0.3) is 0 Å². The Morgan fingerprint density at radius 2 is 2.04 bits per heavy atom. The average Bonchev–Trinajstić information content (AvgIpc) is 3.04. The van der Waals surface area contributed by atoms with Crippen LogP contribution in [0.5, 0.6) is 5.75 Å². The third-order valence-corrected chi connectivity index (χ3v) is 3.38. The van der Waals surface area contributed by atoms with Crippen molar-refractivity contribution in [1.82, 2.24) is 20.2 Å². The van der Waals surface area contributed by atoms with Crippen molar-refractivity contribution in [2.45, 2.75) is 13.2 Å². The van der Waals surface area contributed by atoms with E-state index in [0.29, 0.717) is 17.3 Å². The van der Waals surface area contributed by atoms with E-state index in [1.807, 2.05) is 30.3 Å². The van der Waals surface area contributed by atoms with E-state index < -0.39 is 11.7 Å². The van der Waals surface area contributed by atoms with Gasteiger partial charge in [0.1, 0.15) is 18.1 Å². The molecule has 0 bridgehead atoms. The second kappa shape index (κ2) is 7.71. The Hall–Kier alpha value is -3.00. The van der Waals surface area contributed by atoms with E-state index in [4.69, 9.17) is 16.3 Å². The lowest BCUT2D eigenvalue weighted by Crippen LogP contribution is -2.20. The molecule has 0 atom stereocenters. The van der Waals surface area contributed by atoms with Gasteiger partial charge in [-0.2, -0.15) is 4.80 Å². The summed E-state index contributed by atoms with van der Waals surface area (Å²) in [6.07, 6.45) is 0. The fourth-order valence-corrected chi connectivity index (χ4v) is 2.15. The van der Waals surface area contributed by atoms with Crippen molar-refractivity contribution in [1.29, 1.82) is 0 Å². The Bertz CT molecular complexity index is 872. The van der Waals surface area contributed by atoms with Crippen LogP contribution in [0.15, 0.2) is 48.5 Å². The quantitative estimate of drug-likeness (QED) is 0.730. The van der Waals surface area contributed by atoms with Gasteiger partial charge in [-0.1, -0.05) is 29.8 Å². The summed E-state index contributed by atoms with van der Waals surface area (Å²) in [6.45, 7) is -0.00741. The van der Waals surface area contributed by atoms with Crippen LogP contribution in [0.4, 0.5) is 10.1 Å². The number of tetrazole rings is 1. The van der Waals surface area contributed by atoms with Gasteiger partial charge in [-0.25, -0.2) is 4.39 Å². The van der Waals surface area contributed by atoms with E-state index in [-0.39, 0.29) is 18.2 Å². The van der Waals surface area contributed by atoms with Crippen molar-refractivity contribution in [3.63, 3.8) is 0 Å². The Kier molecular flexibility index (Phi) is 5.20. The molecular weight excluding hydrogens is 349 g/mol. The maximum absolute atomic E-state index is 13.1. The molecule has 0 spiro atoms. The van der Waals surface area contributed by atoms with Crippen LogP contribution >= 0.6 is 11.6 Å². The summed E-state index contributed by atoms with van der Waals surface area (Å²) in [6, 6.07) is 13.1. The number of nitrogens with one attached hydrogen (secondary N) is 1. The van der Waals surface area contributed by atoms with Crippen LogP contribution in [0.2, 0.25) is 5.02 Å².